The van der Waals surface area contributed by atoms with Crippen LogP contribution in [0, 0.1) is 11.3 Å². The average molecular weight is 290 g/mol. The second-order valence-corrected chi connectivity index (χ2v) is 4.96. The number of nitrogens with one attached hydrogen (secondary N) is 1. The lowest BCUT2D eigenvalue weighted by Crippen LogP contribution is -2.23. The summed E-state index contributed by atoms with van der Waals surface area (Å²) in [6, 6.07) is 16.2. The fourth-order valence-electron chi connectivity index (χ4n) is 2.34. The third kappa shape index (κ3) is 2.42. The number of benzene rings is 2. The van der Waals surface area contributed by atoms with Gasteiger partial charge in [0, 0.05) is 0 Å². The molecular weight excluding hydrogens is 276 g/mol. The van der Waals surface area contributed by atoms with Crippen LogP contribution < -0.4 is 5.32 Å². The molecule has 0 spiro atoms. The van der Waals surface area contributed by atoms with E-state index in [2.05, 4.69) is 16.4 Å². The van der Waals surface area contributed by atoms with Gasteiger partial charge in [-0.15, -0.1) is 0 Å². The molecule has 0 aliphatic carbocycles. The zero-order valence-corrected chi connectivity index (χ0v) is 12.0. The normalized spacial score (nSPS) is 11.8. The molecule has 3 aromatic rings. The number of nitriles is 1. The molecule has 2 aromatic carbocycles. The van der Waals surface area contributed by atoms with Crippen molar-refractivity contribution in [1.29, 1.82) is 5.26 Å². The van der Waals surface area contributed by atoms with E-state index in [1.807, 2.05) is 28.8 Å². The van der Waals surface area contributed by atoms with Crippen LogP contribution in [0.3, 0.4) is 0 Å². The summed E-state index contributed by atoms with van der Waals surface area (Å²) in [6.07, 6.45) is 1.66. The van der Waals surface area contributed by atoms with E-state index < -0.39 is 6.04 Å². The number of nitrogens with zero attached hydrogens (tertiary/aromatic N) is 3. The predicted octanol–water partition coefficient (Wildman–Crippen LogP) is 3.11. The molecule has 5 nitrogen and oxygen atoms in total. The molecule has 0 aliphatic rings. The second kappa shape index (κ2) is 5.70. The van der Waals surface area contributed by atoms with E-state index in [9.17, 15) is 4.79 Å². The molecule has 1 heterocycles. The number of para-hydroxylation sites is 3. The van der Waals surface area contributed by atoms with Crippen molar-refractivity contribution < 1.29 is 4.79 Å². The molecule has 0 radical (unpaired) electrons. The van der Waals surface area contributed by atoms with Gasteiger partial charge in [-0.05, 0) is 31.2 Å². The molecule has 3 rings (SSSR count). The second-order valence-electron chi connectivity index (χ2n) is 4.96. The van der Waals surface area contributed by atoms with Gasteiger partial charge in [0.15, 0.2) is 0 Å². The molecule has 0 saturated heterocycles. The summed E-state index contributed by atoms with van der Waals surface area (Å²) < 4.78 is 1.82. The standard InChI is InChI=1S/C17H14N4O/c1-12(21-11-19-15-8-4-5-9-16(15)21)17(22)20-14-7-3-2-6-13(14)10-18/h2-9,11-12H,1H3,(H,20,22). The van der Waals surface area contributed by atoms with Crippen molar-refractivity contribution in [2.45, 2.75) is 13.0 Å². The van der Waals surface area contributed by atoms with Crippen LogP contribution in [0.4, 0.5) is 5.69 Å². The Morgan fingerprint density at radius 3 is 2.77 bits per heavy atom. The van der Waals surface area contributed by atoms with Crippen LogP contribution in [-0.4, -0.2) is 15.5 Å². The smallest absolute Gasteiger partial charge is 0.247 e. The monoisotopic (exact) mass is 290 g/mol. The number of rotatable bonds is 3. The Labute approximate surface area is 127 Å². The van der Waals surface area contributed by atoms with Crippen molar-refractivity contribution in [2.24, 2.45) is 0 Å². The van der Waals surface area contributed by atoms with E-state index in [0.29, 0.717) is 11.3 Å². The van der Waals surface area contributed by atoms with E-state index in [-0.39, 0.29) is 5.91 Å². The molecule has 108 valence electrons. The number of amides is 1. The first-order valence-corrected chi connectivity index (χ1v) is 6.92. The van der Waals surface area contributed by atoms with Crippen molar-refractivity contribution in [3.8, 4) is 6.07 Å². The Kier molecular flexibility index (Phi) is 3.58. The molecular formula is C17H14N4O. The highest BCUT2D eigenvalue weighted by molar-refractivity contribution is 5.95. The zero-order valence-electron chi connectivity index (χ0n) is 12.0. The van der Waals surface area contributed by atoms with Crippen LogP contribution in [0.2, 0.25) is 0 Å². The molecule has 22 heavy (non-hydrogen) atoms. The van der Waals surface area contributed by atoms with E-state index >= 15 is 0 Å². The highest BCUT2D eigenvalue weighted by Gasteiger charge is 2.18. The summed E-state index contributed by atoms with van der Waals surface area (Å²) in [4.78, 5) is 16.7. The highest BCUT2D eigenvalue weighted by Crippen LogP contribution is 2.20. The first-order chi connectivity index (χ1) is 10.7. The molecule has 1 aromatic heterocycles. The fourth-order valence-corrected chi connectivity index (χ4v) is 2.34. The third-order valence-electron chi connectivity index (χ3n) is 3.58. The maximum atomic E-state index is 12.5. The highest BCUT2D eigenvalue weighted by atomic mass is 16.2. The Balaban J connectivity index is 1.88. The van der Waals surface area contributed by atoms with Gasteiger partial charge in [0.1, 0.15) is 12.1 Å². The van der Waals surface area contributed by atoms with Crippen molar-refractivity contribution in [3.63, 3.8) is 0 Å². The first kappa shape index (κ1) is 13.8. The largest absolute Gasteiger partial charge is 0.323 e. The Bertz CT molecular complexity index is 875. The molecule has 1 N–H and O–H groups in total. The Hall–Kier alpha value is -3.13. The van der Waals surface area contributed by atoms with Crippen molar-refractivity contribution in [2.75, 3.05) is 5.32 Å². The SMILES string of the molecule is CC(C(=O)Nc1ccccc1C#N)n1cnc2ccccc21. The number of imidazole rings is 1. The van der Waals surface area contributed by atoms with E-state index in [0.717, 1.165) is 11.0 Å². The van der Waals surface area contributed by atoms with Gasteiger partial charge < -0.3 is 9.88 Å². The molecule has 5 heteroatoms. The van der Waals surface area contributed by atoms with Gasteiger partial charge in [-0.25, -0.2) is 4.98 Å². The minimum Gasteiger partial charge on any atom is -0.323 e. The average Bonchev–Trinajstić information content (AvgIpc) is 2.98. The van der Waals surface area contributed by atoms with Gasteiger partial charge >= 0.3 is 0 Å². The lowest BCUT2D eigenvalue weighted by atomic mass is 10.2. The lowest BCUT2D eigenvalue weighted by molar-refractivity contribution is -0.118. The summed E-state index contributed by atoms with van der Waals surface area (Å²) in [5.41, 5.74) is 2.71. The van der Waals surface area contributed by atoms with Gasteiger partial charge in [0.05, 0.1) is 28.6 Å². The van der Waals surface area contributed by atoms with Crippen molar-refractivity contribution in [1.82, 2.24) is 9.55 Å². The van der Waals surface area contributed by atoms with Crippen molar-refractivity contribution in [3.05, 3.63) is 60.4 Å². The molecule has 0 bridgehead atoms. The van der Waals surface area contributed by atoms with Gasteiger partial charge in [-0.1, -0.05) is 24.3 Å². The van der Waals surface area contributed by atoms with Crippen LogP contribution in [-0.2, 0) is 4.79 Å². The summed E-state index contributed by atoms with van der Waals surface area (Å²) in [6.45, 7) is 1.80. The molecule has 0 saturated carbocycles. The topological polar surface area (TPSA) is 70.7 Å². The number of aromatic nitrogens is 2. The molecule has 1 amide bonds. The number of carbonyl (C=O) groups is 1. The van der Waals surface area contributed by atoms with Gasteiger partial charge in [-0.3, -0.25) is 4.79 Å². The molecule has 1 atom stereocenters. The minimum absolute atomic E-state index is 0.189. The summed E-state index contributed by atoms with van der Waals surface area (Å²) in [5, 5.41) is 11.9. The third-order valence-corrected chi connectivity index (χ3v) is 3.58. The Morgan fingerprint density at radius 1 is 1.23 bits per heavy atom. The fraction of sp³-hybridized carbons (Fsp3) is 0.118. The van der Waals surface area contributed by atoms with Crippen LogP contribution in [0.25, 0.3) is 11.0 Å². The zero-order chi connectivity index (χ0) is 15.5. The number of hydrogen-bond donors (Lipinski definition) is 1. The van der Waals surface area contributed by atoms with Crippen LogP contribution >= 0.6 is 0 Å². The number of carbonyl (C=O) groups excluding carboxylic acids is 1. The molecule has 1 unspecified atom stereocenters. The quantitative estimate of drug-likeness (QED) is 0.805. The van der Waals surface area contributed by atoms with Gasteiger partial charge in [0.25, 0.3) is 0 Å². The molecule has 0 aliphatic heterocycles. The predicted molar refractivity (Wildman–Crippen MR) is 84.2 cm³/mol. The van der Waals surface area contributed by atoms with E-state index in [4.69, 9.17) is 5.26 Å². The first-order valence-electron chi connectivity index (χ1n) is 6.92. The Morgan fingerprint density at radius 2 is 1.95 bits per heavy atom. The number of anilines is 1. The maximum Gasteiger partial charge on any atom is 0.247 e. The number of hydrogen-bond acceptors (Lipinski definition) is 3. The summed E-state index contributed by atoms with van der Waals surface area (Å²) in [5.74, 6) is -0.189. The van der Waals surface area contributed by atoms with E-state index in [1.165, 1.54) is 0 Å². The minimum atomic E-state index is -0.431. The van der Waals surface area contributed by atoms with Crippen LogP contribution in [0.5, 0.6) is 0 Å². The lowest BCUT2D eigenvalue weighted by Gasteiger charge is -2.15. The van der Waals surface area contributed by atoms with Gasteiger partial charge in [0.2, 0.25) is 5.91 Å². The number of fused-ring (bicyclic) bond motifs is 1. The van der Waals surface area contributed by atoms with E-state index in [1.54, 1.807) is 37.5 Å². The summed E-state index contributed by atoms with van der Waals surface area (Å²) in [7, 11) is 0. The molecule has 0 fully saturated rings. The van der Waals surface area contributed by atoms with Crippen LogP contribution in [0.1, 0.15) is 18.5 Å². The summed E-state index contributed by atoms with van der Waals surface area (Å²) >= 11 is 0. The van der Waals surface area contributed by atoms with Gasteiger partial charge in [-0.2, -0.15) is 5.26 Å². The van der Waals surface area contributed by atoms with Crippen LogP contribution in [0.15, 0.2) is 54.9 Å². The maximum absolute atomic E-state index is 12.5. The van der Waals surface area contributed by atoms with Crippen molar-refractivity contribution >= 4 is 22.6 Å².